The molecule has 0 aliphatic heterocycles. The molecule has 0 saturated carbocycles. The van der Waals surface area contributed by atoms with Gasteiger partial charge < -0.3 is 14.2 Å². The fourth-order valence-corrected chi connectivity index (χ4v) is 7.92. The third kappa shape index (κ3) is 5.46. The first-order valence-electron chi connectivity index (χ1n) is 13.9. The fraction of sp³-hybridized carbons (Fsp3) is 0.108. The summed E-state index contributed by atoms with van der Waals surface area (Å²) in [6, 6.07) is 44.8. The standard InChI is InChI=1S/C37H31O4P/c1-39-33-21-17-26-11-9-10-16-31(26)36(33)37-32-20-19-28(41-24-23-35(38)40-2)25-27(32)18-22-34(37)42(29-12-5-3-6-13-29)30-14-7-4-8-15-30/h3-22,25H,23-24H2,1-2H3. The lowest BCUT2D eigenvalue weighted by molar-refractivity contribution is -0.141. The molecule has 5 heteroatoms. The molecule has 6 aromatic carbocycles. The second-order valence-electron chi connectivity index (χ2n) is 9.89. The molecule has 0 fully saturated rings. The molecule has 0 aliphatic rings. The number of methoxy groups -OCH3 is 2. The van der Waals surface area contributed by atoms with Crippen molar-refractivity contribution in [2.75, 3.05) is 20.8 Å². The highest BCUT2D eigenvalue weighted by molar-refractivity contribution is 7.80. The van der Waals surface area contributed by atoms with Crippen LogP contribution < -0.4 is 25.4 Å². The molecule has 0 N–H and O–H groups in total. The van der Waals surface area contributed by atoms with Crippen LogP contribution in [0.2, 0.25) is 0 Å². The molecule has 0 aliphatic carbocycles. The van der Waals surface area contributed by atoms with Gasteiger partial charge in [-0.1, -0.05) is 109 Å². The fourth-order valence-electron chi connectivity index (χ4n) is 5.45. The van der Waals surface area contributed by atoms with E-state index in [-0.39, 0.29) is 19.0 Å². The maximum atomic E-state index is 11.6. The van der Waals surface area contributed by atoms with E-state index < -0.39 is 7.92 Å². The highest BCUT2D eigenvalue weighted by atomic mass is 31.1. The van der Waals surface area contributed by atoms with Crippen molar-refractivity contribution in [1.82, 2.24) is 0 Å². The highest BCUT2D eigenvalue weighted by Crippen LogP contribution is 2.45. The summed E-state index contributed by atoms with van der Waals surface area (Å²) < 4.78 is 16.8. The van der Waals surface area contributed by atoms with Crippen LogP contribution in [0.5, 0.6) is 11.5 Å². The van der Waals surface area contributed by atoms with Gasteiger partial charge in [-0.15, -0.1) is 0 Å². The summed E-state index contributed by atoms with van der Waals surface area (Å²) in [4.78, 5) is 11.6. The first-order chi connectivity index (χ1) is 20.7. The van der Waals surface area contributed by atoms with Crippen molar-refractivity contribution in [2.24, 2.45) is 0 Å². The lowest BCUT2D eigenvalue weighted by atomic mass is 9.93. The van der Waals surface area contributed by atoms with Crippen molar-refractivity contribution in [3.63, 3.8) is 0 Å². The number of ether oxygens (including phenoxy) is 3. The SMILES string of the molecule is COC(=O)CCOc1ccc2c(-c3c(OC)ccc4ccccc34)c(P(c3ccccc3)c3ccccc3)ccc2c1. The van der Waals surface area contributed by atoms with E-state index in [1.165, 1.54) is 23.0 Å². The largest absolute Gasteiger partial charge is 0.496 e. The van der Waals surface area contributed by atoms with Gasteiger partial charge in [0.05, 0.1) is 27.2 Å². The second kappa shape index (κ2) is 12.5. The summed E-state index contributed by atoms with van der Waals surface area (Å²) in [6.07, 6.45) is 0.199. The van der Waals surface area contributed by atoms with E-state index in [1.807, 2.05) is 12.1 Å². The molecule has 0 unspecified atom stereocenters. The number of hydrogen-bond donors (Lipinski definition) is 0. The Labute approximate surface area is 247 Å². The summed E-state index contributed by atoms with van der Waals surface area (Å²) in [6.45, 7) is 0.258. The van der Waals surface area contributed by atoms with E-state index in [0.29, 0.717) is 5.75 Å². The lowest BCUT2D eigenvalue weighted by Gasteiger charge is -2.25. The molecule has 0 amide bonds. The zero-order valence-corrected chi connectivity index (χ0v) is 24.5. The van der Waals surface area contributed by atoms with Crippen LogP contribution >= 0.6 is 7.92 Å². The van der Waals surface area contributed by atoms with Crippen LogP contribution in [0.25, 0.3) is 32.7 Å². The van der Waals surface area contributed by atoms with Crippen LogP contribution in [0.3, 0.4) is 0 Å². The van der Waals surface area contributed by atoms with Gasteiger partial charge in [-0.2, -0.15) is 0 Å². The van der Waals surface area contributed by atoms with Crippen molar-refractivity contribution in [1.29, 1.82) is 0 Å². The maximum Gasteiger partial charge on any atom is 0.308 e. The van der Waals surface area contributed by atoms with Gasteiger partial charge in [-0.05, 0) is 63.6 Å². The van der Waals surface area contributed by atoms with Gasteiger partial charge in [0.15, 0.2) is 0 Å². The average Bonchev–Trinajstić information content (AvgIpc) is 3.05. The smallest absolute Gasteiger partial charge is 0.308 e. The zero-order chi connectivity index (χ0) is 28.9. The first-order valence-corrected chi connectivity index (χ1v) is 15.2. The summed E-state index contributed by atoms with van der Waals surface area (Å²) in [5, 5.41) is 8.27. The monoisotopic (exact) mass is 570 g/mol. The summed E-state index contributed by atoms with van der Waals surface area (Å²) in [7, 11) is 2.23. The molecule has 6 rings (SSSR count). The Kier molecular flexibility index (Phi) is 8.16. The van der Waals surface area contributed by atoms with Crippen LogP contribution in [0.15, 0.2) is 127 Å². The molecule has 0 heterocycles. The molecule has 0 saturated heterocycles. The van der Waals surface area contributed by atoms with Crippen LogP contribution in [-0.4, -0.2) is 26.8 Å². The Balaban J connectivity index is 1.63. The van der Waals surface area contributed by atoms with Crippen LogP contribution in [0.4, 0.5) is 0 Å². The predicted octanol–water partition coefficient (Wildman–Crippen LogP) is 7.37. The first kappa shape index (κ1) is 27.5. The van der Waals surface area contributed by atoms with E-state index >= 15 is 0 Å². The van der Waals surface area contributed by atoms with Gasteiger partial charge in [-0.25, -0.2) is 0 Å². The quantitative estimate of drug-likeness (QED) is 0.135. The highest BCUT2D eigenvalue weighted by Gasteiger charge is 2.25. The van der Waals surface area contributed by atoms with Crippen molar-refractivity contribution in [2.45, 2.75) is 6.42 Å². The topological polar surface area (TPSA) is 44.8 Å². The Morgan fingerprint density at radius 3 is 1.98 bits per heavy atom. The molecule has 0 radical (unpaired) electrons. The minimum absolute atomic E-state index is 0.199. The number of rotatable bonds is 9. The van der Waals surface area contributed by atoms with E-state index in [2.05, 4.69) is 115 Å². The van der Waals surface area contributed by atoms with Gasteiger partial charge in [0.1, 0.15) is 11.5 Å². The molecule has 0 atom stereocenters. The van der Waals surface area contributed by atoms with Gasteiger partial charge in [0.25, 0.3) is 0 Å². The molecule has 0 bridgehead atoms. The van der Waals surface area contributed by atoms with Gasteiger partial charge in [0, 0.05) is 11.1 Å². The van der Waals surface area contributed by atoms with Crippen molar-refractivity contribution < 1.29 is 19.0 Å². The Hall–Kier alpha value is -4.66. The van der Waals surface area contributed by atoms with Gasteiger partial charge in [0.2, 0.25) is 0 Å². The van der Waals surface area contributed by atoms with E-state index in [1.54, 1.807) is 7.11 Å². The number of esters is 1. The molecule has 0 spiro atoms. The lowest BCUT2D eigenvalue weighted by Crippen LogP contribution is -2.22. The summed E-state index contributed by atoms with van der Waals surface area (Å²) in [5.74, 6) is 1.25. The third-order valence-electron chi connectivity index (χ3n) is 7.40. The molecular formula is C37H31O4P. The maximum absolute atomic E-state index is 11.6. The number of carbonyl (C=O) groups excluding carboxylic acids is 1. The van der Waals surface area contributed by atoms with E-state index in [9.17, 15) is 4.79 Å². The number of hydrogen-bond acceptors (Lipinski definition) is 4. The van der Waals surface area contributed by atoms with E-state index in [4.69, 9.17) is 14.2 Å². The second-order valence-corrected chi connectivity index (χ2v) is 12.1. The summed E-state index contributed by atoms with van der Waals surface area (Å²) >= 11 is 0. The third-order valence-corrected chi connectivity index (χ3v) is 9.89. The zero-order valence-electron chi connectivity index (χ0n) is 23.6. The molecular weight excluding hydrogens is 539 g/mol. The Morgan fingerprint density at radius 2 is 1.29 bits per heavy atom. The van der Waals surface area contributed by atoms with Gasteiger partial charge >= 0.3 is 5.97 Å². The molecule has 208 valence electrons. The summed E-state index contributed by atoms with van der Waals surface area (Å²) in [5.41, 5.74) is 2.23. The van der Waals surface area contributed by atoms with Crippen LogP contribution in [0.1, 0.15) is 6.42 Å². The number of fused-ring (bicyclic) bond motifs is 2. The average molecular weight is 571 g/mol. The molecule has 6 aromatic rings. The Bertz CT molecular complexity index is 1810. The number of carbonyl (C=O) groups is 1. The Morgan fingerprint density at radius 1 is 0.643 bits per heavy atom. The van der Waals surface area contributed by atoms with Gasteiger partial charge in [-0.3, -0.25) is 4.79 Å². The molecule has 42 heavy (non-hydrogen) atoms. The normalized spacial score (nSPS) is 11.1. The predicted molar refractivity (Wildman–Crippen MR) is 174 cm³/mol. The van der Waals surface area contributed by atoms with Crippen LogP contribution in [0, 0.1) is 0 Å². The van der Waals surface area contributed by atoms with Crippen molar-refractivity contribution >= 4 is 51.3 Å². The van der Waals surface area contributed by atoms with Crippen molar-refractivity contribution in [3.8, 4) is 22.6 Å². The minimum Gasteiger partial charge on any atom is -0.496 e. The molecule has 4 nitrogen and oxygen atoms in total. The van der Waals surface area contributed by atoms with Crippen LogP contribution in [-0.2, 0) is 9.53 Å². The van der Waals surface area contributed by atoms with E-state index in [0.717, 1.165) is 38.4 Å². The number of benzene rings is 6. The molecule has 0 aromatic heterocycles. The minimum atomic E-state index is -0.901. The van der Waals surface area contributed by atoms with Crippen molar-refractivity contribution in [3.05, 3.63) is 127 Å².